The molecule has 1 aliphatic heterocycles. The van der Waals surface area contributed by atoms with E-state index in [4.69, 9.17) is 0 Å². The lowest BCUT2D eigenvalue weighted by Crippen LogP contribution is -2.47. The minimum absolute atomic E-state index is 0.873. The molecule has 0 atom stereocenters. The SMILES string of the molecule is Cc1ccc2nccc(N3CCN(c4ncnc5c4cnn5C)CC3)c2c1. The first-order valence-electron chi connectivity index (χ1n) is 9.19. The number of hydrogen-bond acceptors (Lipinski definition) is 6. The van der Waals surface area contributed by atoms with Gasteiger partial charge >= 0.3 is 0 Å². The van der Waals surface area contributed by atoms with Gasteiger partial charge in [0.1, 0.15) is 12.1 Å². The summed E-state index contributed by atoms with van der Waals surface area (Å²) in [5, 5.41) is 6.56. The van der Waals surface area contributed by atoms with Crippen LogP contribution in [0, 0.1) is 6.92 Å². The monoisotopic (exact) mass is 359 g/mol. The summed E-state index contributed by atoms with van der Waals surface area (Å²) >= 11 is 0. The van der Waals surface area contributed by atoms with E-state index in [0.717, 1.165) is 48.5 Å². The fourth-order valence-electron chi connectivity index (χ4n) is 3.88. The van der Waals surface area contributed by atoms with Crippen molar-refractivity contribution in [3.8, 4) is 0 Å². The first-order chi connectivity index (χ1) is 13.2. The normalized spacial score (nSPS) is 15.0. The summed E-state index contributed by atoms with van der Waals surface area (Å²) in [4.78, 5) is 18.2. The maximum atomic E-state index is 4.54. The second-order valence-corrected chi connectivity index (χ2v) is 7.03. The number of piperazine rings is 1. The first-order valence-corrected chi connectivity index (χ1v) is 9.19. The van der Waals surface area contributed by atoms with E-state index >= 15 is 0 Å². The van der Waals surface area contributed by atoms with Crippen molar-refractivity contribution in [3.05, 3.63) is 48.5 Å². The number of hydrogen-bond donors (Lipinski definition) is 0. The topological polar surface area (TPSA) is 63.0 Å². The summed E-state index contributed by atoms with van der Waals surface area (Å²) < 4.78 is 1.79. The van der Waals surface area contributed by atoms with E-state index in [2.05, 4.69) is 61.0 Å². The third kappa shape index (κ3) is 2.66. The standard InChI is InChI=1S/C20H21N7/c1-14-3-4-17-15(11-14)18(5-6-21-17)26-7-9-27(10-8-26)20-16-12-24-25(2)19(16)22-13-23-20/h3-6,11-13H,7-10H2,1-2H3. The highest BCUT2D eigenvalue weighted by Crippen LogP contribution is 2.29. The zero-order valence-corrected chi connectivity index (χ0v) is 15.5. The zero-order chi connectivity index (χ0) is 18.4. The van der Waals surface area contributed by atoms with Crippen LogP contribution in [-0.4, -0.2) is 50.9 Å². The molecule has 1 aromatic carbocycles. The van der Waals surface area contributed by atoms with Crippen molar-refractivity contribution < 1.29 is 0 Å². The molecular formula is C20H21N7. The van der Waals surface area contributed by atoms with Crippen LogP contribution >= 0.6 is 0 Å². The molecule has 27 heavy (non-hydrogen) atoms. The molecule has 3 aromatic heterocycles. The van der Waals surface area contributed by atoms with Gasteiger partial charge in [-0.2, -0.15) is 5.10 Å². The molecule has 0 amide bonds. The van der Waals surface area contributed by atoms with Crippen molar-refractivity contribution >= 4 is 33.4 Å². The van der Waals surface area contributed by atoms with Crippen molar-refractivity contribution in [2.75, 3.05) is 36.0 Å². The molecule has 0 N–H and O–H groups in total. The molecule has 1 aliphatic rings. The fourth-order valence-corrected chi connectivity index (χ4v) is 3.88. The Morgan fingerprint density at radius 3 is 2.56 bits per heavy atom. The Morgan fingerprint density at radius 1 is 0.889 bits per heavy atom. The van der Waals surface area contributed by atoms with Crippen LogP contribution in [0.2, 0.25) is 0 Å². The van der Waals surface area contributed by atoms with Crippen LogP contribution in [0.3, 0.4) is 0 Å². The van der Waals surface area contributed by atoms with E-state index in [1.165, 1.54) is 16.6 Å². The number of nitrogens with zero attached hydrogens (tertiary/aromatic N) is 7. The molecule has 1 fully saturated rings. The van der Waals surface area contributed by atoms with Gasteiger partial charge in [0.15, 0.2) is 5.65 Å². The lowest BCUT2D eigenvalue weighted by molar-refractivity contribution is 0.650. The average molecular weight is 359 g/mol. The predicted octanol–water partition coefficient (Wildman–Crippen LogP) is 2.55. The molecule has 0 saturated carbocycles. The van der Waals surface area contributed by atoms with Crippen LogP contribution in [0.1, 0.15) is 5.56 Å². The Morgan fingerprint density at radius 2 is 1.70 bits per heavy atom. The summed E-state index contributed by atoms with van der Waals surface area (Å²) in [5.41, 5.74) is 4.44. The van der Waals surface area contributed by atoms with E-state index in [1.807, 2.05) is 19.4 Å². The molecule has 136 valence electrons. The van der Waals surface area contributed by atoms with Crippen LogP contribution in [0.25, 0.3) is 21.9 Å². The Bertz CT molecular complexity index is 1130. The van der Waals surface area contributed by atoms with Crippen LogP contribution in [0.4, 0.5) is 11.5 Å². The molecule has 0 spiro atoms. The van der Waals surface area contributed by atoms with E-state index in [-0.39, 0.29) is 0 Å². The third-order valence-electron chi connectivity index (χ3n) is 5.30. The van der Waals surface area contributed by atoms with Crippen LogP contribution in [-0.2, 0) is 7.05 Å². The highest BCUT2D eigenvalue weighted by Gasteiger charge is 2.22. The number of anilines is 2. The molecule has 7 nitrogen and oxygen atoms in total. The van der Waals surface area contributed by atoms with Gasteiger partial charge in [-0.15, -0.1) is 0 Å². The number of pyridine rings is 1. The number of aromatic nitrogens is 5. The van der Waals surface area contributed by atoms with Gasteiger partial charge in [0.05, 0.1) is 17.1 Å². The molecule has 0 aliphatic carbocycles. The Labute approximate surface area is 157 Å². The molecule has 0 radical (unpaired) electrons. The number of rotatable bonds is 2. The van der Waals surface area contributed by atoms with Crippen molar-refractivity contribution in [3.63, 3.8) is 0 Å². The maximum absolute atomic E-state index is 4.54. The van der Waals surface area contributed by atoms with Crippen LogP contribution in [0.15, 0.2) is 43.0 Å². The zero-order valence-electron chi connectivity index (χ0n) is 15.5. The van der Waals surface area contributed by atoms with Gasteiger partial charge in [-0.05, 0) is 25.1 Å². The van der Waals surface area contributed by atoms with Gasteiger partial charge in [-0.3, -0.25) is 9.67 Å². The van der Waals surface area contributed by atoms with Crippen molar-refractivity contribution in [2.24, 2.45) is 7.05 Å². The van der Waals surface area contributed by atoms with Gasteiger partial charge in [-0.1, -0.05) is 11.6 Å². The van der Waals surface area contributed by atoms with Crippen LogP contribution < -0.4 is 9.80 Å². The molecule has 4 heterocycles. The summed E-state index contributed by atoms with van der Waals surface area (Å²) in [5.74, 6) is 0.975. The fraction of sp³-hybridized carbons (Fsp3) is 0.300. The van der Waals surface area contributed by atoms with Crippen molar-refractivity contribution in [1.29, 1.82) is 0 Å². The Kier molecular flexibility index (Phi) is 3.67. The van der Waals surface area contributed by atoms with E-state index in [9.17, 15) is 0 Å². The first kappa shape index (κ1) is 16.0. The number of aryl methyl sites for hydroxylation is 2. The molecule has 7 heteroatoms. The average Bonchev–Trinajstić information content (AvgIpc) is 3.09. The molecular weight excluding hydrogens is 338 g/mol. The largest absolute Gasteiger partial charge is 0.367 e. The smallest absolute Gasteiger partial charge is 0.163 e. The van der Waals surface area contributed by atoms with E-state index in [1.54, 1.807) is 11.0 Å². The van der Waals surface area contributed by atoms with E-state index in [0.29, 0.717) is 0 Å². The van der Waals surface area contributed by atoms with Gasteiger partial charge in [0.2, 0.25) is 0 Å². The maximum Gasteiger partial charge on any atom is 0.163 e. The molecule has 4 aromatic rings. The number of benzene rings is 1. The summed E-state index contributed by atoms with van der Waals surface area (Å²) in [6.45, 7) is 5.84. The van der Waals surface area contributed by atoms with Crippen LogP contribution in [0.5, 0.6) is 0 Å². The van der Waals surface area contributed by atoms with Gasteiger partial charge in [0, 0.05) is 50.5 Å². The minimum Gasteiger partial charge on any atom is -0.367 e. The van der Waals surface area contributed by atoms with Crippen molar-refractivity contribution in [2.45, 2.75) is 6.92 Å². The molecule has 0 unspecified atom stereocenters. The Hall–Kier alpha value is -3.22. The van der Waals surface area contributed by atoms with Gasteiger partial charge < -0.3 is 9.80 Å². The molecule has 0 bridgehead atoms. The lowest BCUT2D eigenvalue weighted by Gasteiger charge is -2.37. The highest BCUT2D eigenvalue weighted by atomic mass is 15.3. The second-order valence-electron chi connectivity index (χ2n) is 7.03. The van der Waals surface area contributed by atoms with Gasteiger partial charge in [0.25, 0.3) is 0 Å². The lowest BCUT2D eigenvalue weighted by atomic mass is 10.1. The predicted molar refractivity (Wildman–Crippen MR) is 107 cm³/mol. The van der Waals surface area contributed by atoms with Gasteiger partial charge in [-0.25, -0.2) is 9.97 Å². The van der Waals surface area contributed by atoms with Crippen molar-refractivity contribution in [1.82, 2.24) is 24.7 Å². The number of fused-ring (bicyclic) bond motifs is 2. The quantitative estimate of drug-likeness (QED) is 0.548. The summed E-state index contributed by atoms with van der Waals surface area (Å²) in [7, 11) is 1.91. The molecule has 1 saturated heterocycles. The minimum atomic E-state index is 0.873. The highest BCUT2D eigenvalue weighted by molar-refractivity contribution is 5.92. The Balaban J connectivity index is 1.43. The van der Waals surface area contributed by atoms with E-state index < -0.39 is 0 Å². The second kappa shape index (κ2) is 6.19. The summed E-state index contributed by atoms with van der Waals surface area (Å²) in [6, 6.07) is 8.57. The third-order valence-corrected chi connectivity index (χ3v) is 5.30. The molecule has 5 rings (SSSR count). The summed E-state index contributed by atoms with van der Waals surface area (Å²) in [6.07, 6.45) is 5.39.